The van der Waals surface area contributed by atoms with Crippen LogP contribution in [0.3, 0.4) is 0 Å². The minimum absolute atomic E-state index is 0.0108. The van der Waals surface area contributed by atoms with Crippen LogP contribution in [0.4, 0.5) is 4.39 Å². The van der Waals surface area contributed by atoms with Crippen molar-refractivity contribution in [2.24, 2.45) is 5.41 Å². The fourth-order valence-corrected chi connectivity index (χ4v) is 1.03. The van der Waals surface area contributed by atoms with Crippen molar-refractivity contribution in [3.8, 4) is 0 Å². The second-order valence-electron chi connectivity index (χ2n) is 4.32. The Hall–Kier alpha value is -0.990. The normalized spacial score (nSPS) is 14.2. The lowest BCUT2D eigenvalue weighted by Crippen LogP contribution is -2.18. The molecular weight excluding hydrogens is 167 g/mol. The number of nitrogens with zero attached hydrogens (tertiary/aromatic N) is 2. The third-order valence-electron chi connectivity index (χ3n) is 2.39. The maximum Gasteiger partial charge on any atom is 0.234 e. The molecule has 1 rings (SSSR count). The SMILES string of the molecule is CC(c1nccnc1F)C(C)(C)C. The average Bonchev–Trinajstić information content (AvgIpc) is 2.02. The van der Waals surface area contributed by atoms with Crippen LogP contribution in [0.25, 0.3) is 0 Å². The van der Waals surface area contributed by atoms with Crippen LogP contribution in [0.15, 0.2) is 12.4 Å². The van der Waals surface area contributed by atoms with Gasteiger partial charge in [0.25, 0.3) is 0 Å². The number of hydrogen-bond donors (Lipinski definition) is 0. The van der Waals surface area contributed by atoms with Gasteiger partial charge >= 0.3 is 0 Å². The zero-order valence-corrected chi connectivity index (χ0v) is 8.50. The third-order valence-corrected chi connectivity index (χ3v) is 2.39. The molecule has 0 bridgehead atoms. The van der Waals surface area contributed by atoms with E-state index in [1.807, 2.05) is 6.92 Å². The van der Waals surface area contributed by atoms with Gasteiger partial charge in [0.1, 0.15) is 0 Å². The van der Waals surface area contributed by atoms with Gasteiger partial charge in [0, 0.05) is 18.3 Å². The van der Waals surface area contributed by atoms with Crippen molar-refractivity contribution in [2.45, 2.75) is 33.6 Å². The number of aromatic nitrogens is 2. The van der Waals surface area contributed by atoms with Gasteiger partial charge in [-0.3, -0.25) is 4.98 Å². The van der Waals surface area contributed by atoms with E-state index in [2.05, 4.69) is 30.7 Å². The lowest BCUT2D eigenvalue weighted by Gasteiger charge is -2.26. The molecule has 0 fully saturated rings. The Labute approximate surface area is 78.2 Å². The van der Waals surface area contributed by atoms with E-state index in [1.165, 1.54) is 12.4 Å². The molecule has 0 aliphatic heterocycles. The van der Waals surface area contributed by atoms with E-state index in [9.17, 15) is 4.39 Å². The first kappa shape index (κ1) is 10.1. The predicted octanol–water partition coefficient (Wildman–Crippen LogP) is 2.77. The lowest BCUT2D eigenvalue weighted by molar-refractivity contribution is 0.322. The Kier molecular flexibility index (Phi) is 2.64. The first-order valence-electron chi connectivity index (χ1n) is 4.39. The summed E-state index contributed by atoms with van der Waals surface area (Å²) in [5.74, 6) is -0.383. The number of rotatable bonds is 1. The van der Waals surface area contributed by atoms with Crippen LogP contribution in [0, 0.1) is 11.4 Å². The van der Waals surface area contributed by atoms with E-state index in [0.29, 0.717) is 5.69 Å². The van der Waals surface area contributed by atoms with E-state index in [1.54, 1.807) is 0 Å². The summed E-state index contributed by atoms with van der Waals surface area (Å²) in [7, 11) is 0. The molecule has 72 valence electrons. The molecule has 1 heterocycles. The fraction of sp³-hybridized carbons (Fsp3) is 0.600. The smallest absolute Gasteiger partial charge is 0.234 e. The van der Waals surface area contributed by atoms with E-state index >= 15 is 0 Å². The quantitative estimate of drug-likeness (QED) is 0.667. The Morgan fingerprint density at radius 1 is 1.23 bits per heavy atom. The van der Waals surface area contributed by atoms with Gasteiger partial charge in [-0.05, 0) is 5.41 Å². The molecule has 0 spiro atoms. The summed E-state index contributed by atoms with van der Waals surface area (Å²) in [6, 6.07) is 0. The van der Waals surface area contributed by atoms with Gasteiger partial charge in [0.15, 0.2) is 0 Å². The minimum Gasteiger partial charge on any atom is -0.255 e. The minimum atomic E-state index is -0.454. The highest BCUT2D eigenvalue weighted by Gasteiger charge is 2.25. The molecule has 0 amide bonds. The molecule has 2 nitrogen and oxygen atoms in total. The van der Waals surface area contributed by atoms with Gasteiger partial charge in [-0.2, -0.15) is 4.39 Å². The molecule has 0 aliphatic carbocycles. The van der Waals surface area contributed by atoms with Crippen molar-refractivity contribution in [3.05, 3.63) is 24.0 Å². The summed E-state index contributed by atoms with van der Waals surface area (Å²) in [6.07, 6.45) is 2.90. The zero-order valence-electron chi connectivity index (χ0n) is 8.50. The van der Waals surface area contributed by atoms with Gasteiger partial charge in [-0.25, -0.2) is 4.98 Å². The molecule has 1 aromatic heterocycles. The Balaban J connectivity index is 3.02. The summed E-state index contributed by atoms with van der Waals surface area (Å²) in [5.41, 5.74) is 0.464. The molecule has 0 aromatic carbocycles. The molecule has 0 N–H and O–H groups in total. The first-order chi connectivity index (χ1) is 5.93. The van der Waals surface area contributed by atoms with Gasteiger partial charge in [0.2, 0.25) is 5.95 Å². The van der Waals surface area contributed by atoms with Gasteiger partial charge in [-0.1, -0.05) is 27.7 Å². The van der Waals surface area contributed by atoms with Crippen LogP contribution in [0.1, 0.15) is 39.3 Å². The highest BCUT2D eigenvalue weighted by molar-refractivity contribution is 5.07. The van der Waals surface area contributed by atoms with Crippen LogP contribution in [-0.2, 0) is 0 Å². The molecule has 1 atom stereocenters. The van der Waals surface area contributed by atoms with Crippen LogP contribution in [-0.4, -0.2) is 9.97 Å². The van der Waals surface area contributed by atoms with E-state index in [0.717, 1.165) is 0 Å². The fourth-order valence-electron chi connectivity index (χ4n) is 1.03. The van der Waals surface area contributed by atoms with E-state index in [4.69, 9.17) is 0 Å². The number of hydrogen-bond acceptors (Lipinski definition) is 2. The van der Waals surface area contributed by atoms with Crippen LogP contribution in [0.2, 0.25) is 0 Å². The first-order valence-corrected chi connectivity index (χ1v) is 4.39. The molecule has 1 unspecified atom stereocenters. The highest BCUT2D eigenvalue weighted by atomic mass is 19.1. The molecule has 0 saturated carbocycles. The van der Waals surface area contributed by atoms with Crippen LogP contribution < -0.4 is 0 Å². The molecule has 0 aliphatic rings. The maximum atomic E-state index is 13.2. The van der Waals surface area contributed by atoms with E-state index < -0.39 is 5.95 Å². The summed E-state index contributed by atoms with van der Waals surface area (Å²) < 4.78 is 13.2. The van der Waals surface area contributed by atoms with Gasteiger partial charge in [0.05, 0.1) is 5.69 Å². The lowest BCUT2D eigenvalue weighted by atomic mass is 9.80. The second-order valence-corrected chi connectivity index (χ2v) is 4.32. The third kappa shape index (κ3) is 2.23. The zero-order chi connectivity index (χ0) is 10.1. The van der Waals surface area contributed by atoms with Crippen LogP contribution >= 0.6 is 0 Å². The molecule has 3 heteroatoms. The van der Waals surface area contributed by atoms with Crippen molar-refractivity contribution in [3.63, 3.8) is 0 Å². The maximum absolute atomic E-state index is 13.2. The largest absolute Gasteiger partial charge is 0.255 e. The predicted molar refractivity (Wildman–Crippen MR) is 49.9 cm³/mol. The van der Waals surface area contributed by atoms with Gasteiger partial charge < -0.3 is 0 Å². The average molecular weight is 182 g/mol. The molecular formula is C10H15FN2. The summed E-state index contributed by atoms with van der Waals surface area (Å²) in [5, 5.41) is 0. The summed E-state index contributed by atoms with van der Waals surface area (Å²) in [4.78, 5) is 7.59. The van der Waals surface area contributed by atoms with Crippen molar-refractivity contribution < 1.29 is 4.39 Å². The van der Waals surface area contributed by atoms with Crippen molar-refractivity contribution in [1.82, 2.24) is 9.97 Å². The molecule has 0 radical (unpaired) electrons. The topological polar surface area (TPSA) is 25.8 Å². The van der Waals surface area contributed by atoms with Crippen molar-refractivity contribution in [1.29, 1.82) is 0 Å². The highest BCUT2D eigenvalue weighted by Crippen LogP contribution is 2.33. The Bertz CT molecular complexity index is 291. The molecule has 13 heavy (non-hydrogen) atoms. The van der Waals surface area contributed by atoms with Crippen molar-refractivity contribution in [2.75, 3.05) is 0 Å². The van der Waals surface area contributed by atoms with Gasteiger partial charge in [-0.15, -0.1) is 0 Å². The van der Waals surface area contributed by atoms with Crippen molar-refractivity contribution >= 4 is 0 Å². The summed E-state index contributed by atoms with van der Waals surface area (Å²) in [6.45, 7) is 8.15. The summed E-state index contributed by atoms with van der Waals surface area (Å²) >= 11 is 0. The Morgan fingerprint density at radius 2 is 1.77 bits per heavy atom. The van der Waals surface area contributed by atoms with E-state index in [-0.39, 0.29) is 11.3 Å². The molecule has 0 saturated heterocycles. The molecule has 1 aromatic rings. The number of halogens is 1. The van der Waals surface area contributed by atoms with Crippen LogP contribution in [0.5, 0.6) is 0 Å². The second kappa shape index (κ2) is 3.40. The standard InChI is InChI=1S/C10H15FN2/c1-7(10(2,3)4)8-9(11)13-6-5-12-8/h5-7H,1-4H3. The Morgan fingerprint density at radius 3 is 2.23 bits per heavy atom. The monoisotopic (exact) mass is 182 g/mol.